The predicted octanol–water partition coefficient (Wildman–Crippen LogP) is 3.23. The van der Waals surface area contributed by atoms with Gasteiger partial charge in [-0.1, -0.05) is 13.0 Å². The Morgan fingerprint density at radius 2 is 2.26 bits per heavy atom. The average Bonchev–Trinajstić information content (AvgIpc) is 2.65. The molecule has 0 aromatic heterocycles. The molecule has 0 bridgehead atoms. The van der Waals surface area contributed by atoms with Gasteiger partial charge in [-0.2, -0.15) is 5.26 Å². The zero-order chi connectivity index (χ0) is 13.5. The molecular formula is C16H23N3. The number of likely N-dealkylation sites (tertiary alicyclic amines) is 1. The number of nitrogens with one attached hydrogen (secondary N) is 1. The van der Waals surface area contributed by atoms with Crippen molar-refractivity contribution in [2.24, 2.45) is 0 Å². The maximum Gasteiger partial charge on any atom is 0.0992 e. The first-order valence-corrected chi connectivity index (χ1v) is 7.31. The first kappa shape index (κ1) is 13.9. The second kappa shape index (κ2) is 7.16. The van der Waals surface area contributed by atoms with Crippen LogP contribution in [-0.2, 0) is 0 Å². The number of hydrogen-bond acceptors (Lipinski definition) is 3. The van der Waals surface area contributed by atoms with Crippen molar-refractivity contribution in [3.8, 4) is 6.07 Å². The molecule has 102 valence electrons. The lowest BCUT2D eigenvalue weighted by atomic mass is 10.1. The molecular weight excluding hydrogens is 234 g/mol. The Bertz CT molecular complexity index is 436. The summed E-state index contributed by atoms with van der Waals surface area (Å²) in [5.41, 5.74) is 1.80. The van der Waals surface area contributed by atoms with E-state index in [1.807, 2.05) is 18.2 Å². The van der Waals surface area contributed by atoms with Crippen molar-refractivity contribution in [2.75, 3.05) is 25.0 Å². The predicted molar refractivity (Wildman–Crippen MR) is 79.1 cm³/mol. The molecule has 1 aliphatic rings. The molecule has 3 nitrogen and oxygen atoms in total. The van der Waals surface area contributed by atoms with E-state index in [0.29, 0.717) is 6.04 Å². The lowest BCUT2D eigenvalue weighted by Gasteiger charge is -2.20. The molecule has 1 aliphatic heterocycles. The van der Waals surface area contributed by atoms with E-state index in [-0.39, 0.29) is 0 Å². The Hall–Kier alpha value is -1.53. The fraction of sp³-hybridized carbons (Fsp3) is 0.562. The van der Waals surface area contributed by atoms with E-state index in [4.69, 9.17) is 5.26 Å². The fourth-order valence-corrected chi connectivity index (χ4v) is 2.75. The first-order valence-electron chi connectivity index (χ1n) is 7.31. The van der Waals surface area contributed by atoms with Crippen molar-refractivity contribution in [1.29, 1.82) is 5.26 Å². The van der Waals surface area contributed by atoms with Crippen molar-refractivity contribution in [1.82, 2.24) is 4.90 Å². The van der Waals surface area contributed by atoms with Crippen LogP contribution in [0.5, 0.6) is 0 Å². The molecule has 1 aromatic carbocycles. The third kappa shape index (κ3) is 4.25. The molecule has 1 saturated heterocycles. The van der Waals surface area contributed by atoms with Gasteiger partial charge in [0.1, 0.15) is 0 Å². The Morgan fingerprint density at radius 3 is 3.05 bits per heavy atom. The molecule has 1 aromatic rings. The smallest absolute Gasteiger partial charge is 0.0992 e. The van der Waals surface area contributed by atoms with Crippen LogP contribution in [0, 0.1) is 11.3 Å². The number of anilines is 1. The van der Waals surface area contributed by atoms with Gasteiger partial charge in [0, 0.05) is 18.3 Å². The number of rotatable bonds is 4. The van der Waals surface area contributed by atoms with Crippen LogP contribution in [-0.4, -0.2) is 30.6 Å². The van der Waals surface area contributed by atoms with Crippen LogP contribution >= 0.6 is 0 Å². The Balaban J connectivity index is 1.90. The van der Waals surface area contributed by atoms with Crippen molar-refractivity contribution in [2.45, 2.75) is 38.6 Å². The van der Waals surface area contributed by atoms with Crippen LogP contribution in [0.2, 0.25) is 0 Å². The summed E-state index contributed by atoms with van der Waals surface area (Å²) in [6.07, 6.45) is 4.91. The normalized spacial score (nSPS) is 20.5. The number of hydrogen-bond donors (Lipinski definition) is 1. The Morgan fingerprint density at radius 1 is 1.37 bits per heavy atom. The molecule has 0 amide bonds. The highest BCUT2D eigenvalue weighted by molar-refractivity contribution is 5.49. The molecule has 3 heteroatoms. The van der Waals surface area contributed by atoms with Gasteiger partial charge < -0.3 is 10.2 Å². The number of nitriles is 1. The molecule has 1 unspecified atom stereocenters. The highest BCUT2D eigenvalue weighted by Crippen LogP contribution is 2.18. The van der Waals surface area contributed by atoms with E-state index in [9.17, 15) is 0 Å². The second-order valence-corrected chi connectivity index (χ2v) is 5.31. The molecule has 1 atom stereocenters. The summed E-state index contributed by atoms with van der Waals surface area (Å²) in [4.78, 5) is 2.56. The molecule has 0 spiro atoms. The lowest BCUT2D eigenvalue weighted by Crippen LogP contribution is -2.27. The van der Waals surface area contributed by atoms with Crippen LogP contribution < -0.4 is 5.32 Å². The summed E-state index contributed by atoms with van der Waals surface area (Å²) in [7, 11) is 0. The molecule has 1 heterocycles. The maximum absolute atomic E-state index is 8.92. The van der Waals surface area contributed by atoms with Gasteiger partial charge in [-0.3, -0.25) is 0 Å². The van der Waals surface area contributed by atoms with Crippen LogP contribution in [0.3, 0.4) is 0 Å². The quantitative estimate of drug-likeness (QED) is 0.900. The SMILES string of the molecule is CCCN1CCCC(Nc2cccc(C#N)c2)CC1. The largest absolute Gasteiger partial charge is 0.382 e. The van der Waals surface area contributed by atoms with Crippen LogP contribution in [0.1, 0.15) is 38.2 Å². The second-order valence-electron chi connectivity index (χ2n) is 5.31. The minimum atomic E-state index is 0.538. The van der Waals surface area contributed by atoms with Gasteiger partial charge >= 0.3 is 0 Å². The number of benzene rings is 1. The Kier molecular flexibility index (Phi) is 5.23. The average molecular weight is 257 g/mol. The molecule has 1 fully saturated rings. The summed E-state index contributed by atoms with van der Waals surface area (Å²) >= 11 is 0. The van der Waals surface area contributed by atoms with E-state index in [2.05, 4.69) is 29.3 Å². The van der Waals surface area contributed by atoms with Gasteiger partial charge in [0.2, 0.25) is 0 Å². The summed E-state index contributed by atoms with van der Waals surface area (Å²) < 4.78 is 0. The standard InChI is InChI=1S/C16H23N3/c1-2-9-19-10-4-7-15(8-11-19)18-16-6-3-5-14(12-16)13-17/h3,5-6,12,15,18H,2,4,7-11H2,1H3. The Labute approximate surface area is 116 Å². The van der Waals surface area contributed by atoms with E-state index in [1.54, 1.807) is 0 Å². The summed E-state index contributed by atoms with van der Waals surface area (Å²) in [5, 5.41) is 12.5. The van der Waals surface area contributed by atoms with Crippen molar-refractivity contribution in [3.05, 3.63) is 29.8 Å². The molecule has 0 aliphatic carbocycles. The molecule has 1 N–H and O–H groups in total. The van der Waals surface area contributed by atoms with Gasteiger partial charge in [0.15, 0.2) is 0 Å². The zero-order valence-electron chi connectivity index (χ0n) is 11.7. The van der Waals surface area contributed by atoms with Gasteiger partial charge in [-0.15, -0.1) is 0 Å². The van der Waals surface area contributed by atoms with E-state index in [1.165, 1.54) is 45.3 Å². The molecule has 0 radical (unpaired) electrons. The van der Waals surface area contributed by atoms with Crippen LogP contribution in [0.15, 0.2) is 24.3 Å². The third-order valence-electron chi connectivity index (χ3n) is 3.72. The van der Waals surface area contributed by atoms with E-state index >= 15 is 0 Å². The van der Waals surface area contributed by atoms with E-state index in [0.717, 1.165) is 11.3 Å². The van der Waals surface area contributed by atoms with Crippen molar-refractivity contribution in [3.63, 3.8) is 0 Å². The van der Waals surface area contributed by atoms with Gasteiger partial charge in [0.05, 0.1) is 11.6 Å². The van der Waals surface area contributed by atoms with Crippen molar-refractivity contribution >= 4 is 5.69 Å². The minimum Gasteiger partial charge on any atom is -0.382 e. The maximum atomic E-state index is 8.92. The molecule has 0 saturated carbocycles. The highest BCUT2D eigenvalue weighted by Gasteiger charge is 2.16. The van der Waals surface area contributed by atoms with Gasteiger partial charge in [0.25, 0.3) is 0 Å². The summed E-state index contributed by atoms with van der Waals surface area (Å²) in [5.74, 6) is 0. The van der Waals surface area contributed by atoms with E-state index < -0.39 is 0 Å². The zero-order valence-corrected chi connectivity index (χ0v) is 11.7. The topological polar surface area (TPSA) is 39.1 Å². The third-order valence-corrected chi connectivity index (χ3v) is 3.72. The lowest BCUT2D eigenvalue weighted by molar-refractivity contribution is 0.285. The monoisotopic (exact) mass is 257 g/mol. The van der Waals surface area contributed by atoms with Gasteiger partial charge in [-0.25, -0.2) is 0 Å². The first-order chi connectivity index (χ1) is 9.31. The highest BCUT2D eigenvalue weighted by atomic mass is 15.1. The fourth-order valence-electron chi connectivity index (χ4n) is 2.75. The molecule has 2 rings (SSSR count). The van der Waals surface area contributed by atoms with Crippen LogP contribution in [0.25, 0.3) is 0 Å². The minimum absolute atomic E-state index is 0.538. The van der Waals surface area contributed by atoms with Crippen molar-refractivity contribution < 1.29 is 0 Å². The number of nitrogens with zero attached hydrogens (tertiary/aromatic N) is 2. The summed E-state index contributed by atoms with van der Waals surface area (Å²) in [6.45, 7) is 5.87. The van der Waals surface area contributed by atoms with Crippen LogP contribution in [0.4, 0.5) is 5.69 Å². The molecule has 19 heavy (non-hydrogen) atoms. The summed E-state index contributed by atoms with van der Waals surface area (Å²) in [6, 6.07) is 10.5. The van der Waals surface area contributed by atoms with Gasteiger partial charge in [-0.05, 0) is 57.0 Å².